The lowest BCUT2D eigenvalue weighted by atomic mass is 10.2. The first-order chi connectivity index (χ1) is 12.7. The summed E-state index contributed by atoms with van der Waals surface area (Å²) in [5.74, 6) is -0.0810. The Hall–Kier alpha value is -3.49. The lowest BCUT2D eigenvalue weighted by molar-refractivity contribution is 0.116. The standard InChI is InChI=1S/C17H11F2N5O2/c18-15(19)17-24-23-16(26-17)10-1-2-11(22-8-10)9-25-12-3-4-13-14(7-12)21-6-5-20-13/h1-8,15H,9H2. The van der Waals surface area contributed by atoms with Gasteiger partial charge in [0.1, 0.15) is 12.4 Å². The van der Waals surface area contributed by atoms with Crippen LogP contribution in [0.2, 0.25) is 0 Å². The van der Waals surface area contributed by atoms with Gasteiger partial charge in [-0.15, -0.1) is 10.2 Å². The summed E-state index contributed by atoms with van der Waals surface area (Å²) in [6, 6.07) is 8.77. The van der Waals surface area contributed by atoms with Crippen LogP contribution in [0.5, 0.6) is 5.75 Å². The third kappa shape index (κ3) is 3.32. The van der Waals surface area contributed by atoms with Crippen LogP contribution in [0.15, 0.2) is 53.3 Å². The molecule has 3 aromatic heterocycles. The summed E-state index contributed by atoms with van der Waals surface area (Å²) in [6.45, 7) is 0.234. The Balaban J connectivity index is 1.44. The number of pyridine rings is 1. The zero-order chi connectivity index (χ0) is 17.9. The average molecular weight is 355 g/mol. The van der Waals surface area contributed by atoms with E-state index in [-0.39, 0.29) is 12.5 Å². The van der Waals surface area contributed by atoms with E-state index in [0.717, 1.165) is 11.0 Å². The summed E-state index contributed by atoms with van der Waals surface area (Å²) in [4.78, 5) is 12.6. The smallest absolute Gasteiger partial charge is 0.314 e. The number of benzene rings is 1. The van der Waals surface area contributed by atoms with Crippen LogP contribution in [0.1, 0.15) is 18.0 Å². The van der Waals surface area contributed by atoms with Gasteiger partial charge in [-0.25, -0.2) is 0 Å². The third-order valence-corrected chi connectivity index (χ3v) is 3.53. The number of ether oxygens (including phenoxy) is 1. The van der Waals surface area contributed by atoms with Crippen molar-refractivity contribution in [1.29, 1.82) is 0 Å². The van der Waals surface area contributed by atoms with Crippen molar-refractivity contribution in [2.75, 3.05) is 0 Å². The van der Waals surface area contributed by atoms with E-state index in [1.807, 2.05) is 6.07 Å². The monoisotopic (exact) mass is 355 g/mol. The minimum atomic E-state index is -2.80. The van der Waals surface area contributed by atoms with Gasteiger partial charge in [0.05, 0.1) is 22.3 Å². The molecule has 26 heavy (non-hydrogen) atoms. The van der Waals surface area contributed by atoms with Crippen LogP contribution in [-0.2, 0) is 6.61 Å². The Kier molecular flexibility index (Phi) is 4.18. The van der Waals surface area contributed by atoms with Crippen molar-refractivity contribution in [3.8, 4) is 17.2 Å². The van der Waals surface area contributed by atoms with Crippen LogP contribution in [-0.4, -0.2) is 25.1 Å². The first kappa shape index (κ1) is 16.0. The molecule has 0 aliphatic heterocycles. The predicted octanol–water partition coefficient (Wildman–Crippen LogP) is 3.59. The van der Waals surface area contributed by atoms with Crippen LogP contribution in [0.4, 0.5) is 8.78 Å². The minimum absolute atomic E-state index is 0.00614. The van der Waals surface area contributed by atoms with Gasteiger partial charge in [-0.2, -0.15) is 8.78 Å². The fourth-order valence-corrected chi connectivity index (χ4v) is 2.27. The van der Waals surface area contributed by atoms with Gasteiger partial charge < -0.3 is 9.15 Å². The fourth-order valence-electron chi connectivity index (χ4n) is 2.27. The summed E-state index contributed by atoms with van der Waals surface area (Å²) in [5.41, 5.74) is 2.63. The quantitative estimate of drug-likeness (QED) is 0.540. The van der Waals surface area contributed by atoms with E-state index < -0.39 is 12.3 Å². The molecule has 0 saturated heterocycles. The summed E-state index contributed by atoms with van der Waals surface area (Å²) >= 11 is 0. The molecule has 4 rings (SSSR count). The molecule has 0 radical (unpaired) electrons. The Morgan fingerprint density at radius 1 is 0.962 bits per heavy atom. The maximum atomic E-state index is 12.5. The van der Waals surface area contributed by atoms with Crippen molar-refractivity contribution in [2.45, 2.75) is 13.0 Å². The molecule has 0 aliphatic carbocycles. The Labute approximate surface area is 145 Å². The second kappa shape index (κ2) is 6.79. The molecule has 0 aliphatic rings. The van der Waals surface area contributed by atoms with Gasteiger partial charge in [-0.1, -0.05) is 0 Å². The summed E-state index contributed by atoms with van der Waals surface area (Å²) < 4.78 is 35.6. The fraction of sp³-hybridized carbons (Fsp3) is 0.118. The number of hydrogen-bond donors (Lipinski definition) is 0. The maximum Gasteiger partial charge on any atom is 0.314 e. The normalized spacial score (nSPS) is 11.2. The highest BCUT2D eigenvalue weighted by molar-refractivity contribution is 5.75. The van der Waals surface area contributed by atoms with Crippen molar-refractivity contribution in [3.05, 3.63) is 60.5 Å². The predicted molar refractivity (Wildman–Crippen MR) is 86.4 cm³/mol. The molecule has 0 bridgehead atoms. The van der Waals surface area contributed by atoms with Gasteiger partial charge >= 0.3 is 6.43 Å². The van der Waals surface area contributed by atoms with Gasteiger partial charge in [0.25, 0.3) is 5.89 Å². The highest BCUT2D eigenvalue weighted by Crippen LogP contribution is 2.23. The van der Waals surface area contributed by atoms with Crippen LogP contribution in [0, 0.1) is 0 Å². The molecule has 4 aromatic rings. The van der Waals surface area contributed by atoms with Crippen molar-refractivity contribution < 1.29 is 17.9 Å². The highest BCUT2D eigenvalue weighted by atomic mass is 19.3. The zero-order valence-electron chi connectivity index (χ0n) is 13.2. The van der Waals surface area contributed by atoms with Crippen LogP contribution >= 0.6 is 0 Å². The molecular weight excluding hydrogens is 344 g/mol. The Morgan fingerprint density at radius 2 is 1.81 bits per heavy atom. The third-order valence-electron chi connectivity index (χ3n) is 3.53. The number of fused-ring (bicyclic) bond motifs is 1. The molecule has 7 nitrogen and oxygen atoms in total. The molecule has 0 amide bonds. The van der Waals surface area contributed by atoms with Crippen LogP contribution in [0.25, 0.3) is 22.5 Å². The number of rotatable bonds is 5. The number of halogens is 2. The SMILES string of the molecule is FC(F)c1nnc(-c2ccc(COc3ccc4nccnc4c3)nc2)o1. The molecule has 0 N–H and O–H groups in total. The van der Waals surface area contributed by atoms with Crippen LogP contribution < -0.4 is 4.74 Å². The van der Waals surface area contributed by atoms with E-state index in [4.69, 9.17) is 9.15 Å². The average Bonchev–Trinajstić information content (AvgIpc) is 3.17. The van der Waals surface area contributed by atoms with Gasteiger partial charge in [0, 0.05) is 24.7 Å². The van der Waals surface area contributed by atoms with Gasteiger partial charge in [-0.05, 0) is 24.3 Å². The van der Waals surface area contributed by atoms with E-state index in [0.29, 0.717) is 17.0 Å². The summed E-state index contributed by atoms with van der Waals surface area (Å²) in [7, 11) is 0. The second-order valence-electron chi connectivity index (χ2n) is 5.28. The van der Waals surface area contributed by atoms with Crippen molar-refractivity contribution >= 4 is 11.0 Å². The van der Waals surface area contributed by atoms with Crippen LogP contribution in [0.3, 0.4) is 0 Å². The number of hydrogen-bond acceptors (Lipinski definition) is 7. The highest BCUT2D eigenvalue weighted by Gasteiger charge is 2.17. The molecule has 0 fully saturated rings. The van der Waals surface area contributed by atoms with E-state index >= 15 is 0 Å². The minimum Gasteiger partial charge on any atom is -0.487 e. The molecule has 0 atom stereocenters. The summed E-state index contributed by atoms with van der Waals surface area (Å²) in [6.07, 6.45) is 1.90. The van der Waals surface area contributed by atoms with Crippen molar-refractivity contribution in [3.63, 3.8) is 0 Å². The molecule has 9 heteroatoms. The number of alkyl halides is 2. The topological polar surface area (TPSA) is 86.8 Å². The molecule has 0 saturated carbocycles. The Bertz CT molecular complexity index is 1040. The molecule has 130 valence electrons. The Morgan fingerprint density at radius 3 is 2.54 bits per heavy atom. The molecular formula is C17H11F2N5O2. The summed E-state index contributed by atoms with van der Waals surface area (Å²) in [5, 5.41) is 6.86. The molecule has 0 unspecified atom stereocenters. The first-order valence-corrected chi connectivity index (χ1v) is 7.59. The van der Waals surface area contributed by atoms with Gasteiger partial charge in [-0.3, -0.25) is 15.0 Å². The number of nitrogens with zero attached hydrogens (tertiary/aromatic N) is 5. The number of aromatic nitrogens is 5. The lowest BCUT2D eigenvalue weighted by Crippen LogP contribution is -1.98. The van der Waals surface area contributed by atoms with E-state index in [9.17, 15) is 8.78 Å². The molecule has 3 heterocycles. The van der Waals surface area contributed by atoms with E-state index in [1.54, 1.807) is 36.7 Å². The molecule has 0 spiro atoms. The first-order valence-electron chi connectivity index (χ1n) is 7.59. The lowest BCUT2D eigenvalue weighted by Gasteiger charge is -2.06. The molecule has 1 aromatic carbocycles. The van der Waals surface area contributed by atoms with Gasteiger partial charge in [0.15, 0.2) is 0 Å². The van der Waals surface area contributed by atoms with Crippen molar-refractivity contribution in [1.82, 2.24) is 25.1 Å². The second-order valence-corrected chi connectivity index (χ2v) is 5.28. The van der Waals surface area contributed by atoms with Gasteiger partial charge in [0.2, 0.25) is 5.89 Å². The largest absolute Gasteiger partial charge is 0.487 e. The van der Waals surface area contributed by atoms with Crippen molar-refractivity contribution in [2.24, 2.45) is 0 Å². The maximum absolute atomic E-state index is 12.5. The zero-order valence-corrected chi connectivity index (χ0v) is 13.2. The van der Waals surface area contributed by atoms with E-state index in [1.165, 1.54) is 6.20 Å². The van der Waals surface area contributed by atoms with E-state index in [2.05, 4.69) is 25.1 Å².